The second kappa shape index (κ2) is 6.90. The van der Waals surface area contributed by atoms with Crippen molar-refractivity contribution in [3.8, 4) is 0 Å². The number of carbonyl (C=O) groups is 2. The Balaban J connectivity index is 2.22. The standard InChI is InChI=1S/C12H20N4O4/c1-12(20,7-10(17)18)8-14-11(19)13-5-3-9-4-6-16(2)15-9/h4,6,20H,3,5,7-8H2,1-2H3,(H,17,18)(H2,13,14,19). The van der Waals surface area contributed by atoms with E-state index in [4.69, 9.17) is 5.11 Å². The molecule has 1 unspecified atom stereocenters. The molecule has 8 nitrogen and oxygen atoms in total. The number of urea groups is 1. The zero-order chi connectivity index (χ0) is 15.2. The molecule has 1 aromatic heterocycles. The summed E-state index contributed by atoms with van der Waals surface area (Å²) in [5.74, 6) is -1.12. The number of aromatic nitrogens is 2. The Hall–Kier alpha value is -2.09. The lowest BCUT2D eigenvalue weighted by Crippen LogP contribution is -2.46. The fourth-order valence-corrected chi connectivity index (χ4v) is 1.62. The van der Waals surface area contributed by atoms with Crippen LogP contribution in [-0.4, -0.2) is 50.7 Å². The first kappa shape index (κ1) is 16.0. The fourth-order valence-electron chi connectivity index (χ4n) is 1.62. The van der Waals surface area contributed by atoms with Crippen LogP contribution in [-0.2, 0) is 18.3 Å². The van der Waals surface area contributed by atoms with E-state index in [1.54, 1.807) is 4.68 Å². The highest BCUT2D eigenvalue weighted by molar-refractivity contribution is 5.74. The molecule has 0 saturated heterocycles. The molecule has 1 atom stereocenters. The third kappa shape index (κ3) is 6.19. The molecule has 20 heavy (non-hydrogen) atoms. The molecule has 4 N–H and O–H groups in total. The van der Waals surface area contributed by atoms with Crippen molar-refractivity contribution < 1.29 is 19.8 Å². The number of hydrogen-bond donors (Lipinski definition) is 4. The van der Waals surface area contributed by atoms with Crippen LogP contribution in [0, 0.1) is 0 Å². The van der Waals surface area contributed by atoms with E-state index in [1.165, 1.54) is 6.92 Å². The molecule has 1 aromatic rings. The number of nitrogens with zero attached hydrogens (tertiary/aromatic N) is 2. The third-order valence-corrected chi connectivity index (χ3v) is 2.60. The second-order valence-corrected chi connectivity index (χ2v) is 4.91. The number of amides is 2. The Morgan fingerprint density at radius 1 is 1.45 bits per heavy atom. The number of carboxylic acids is 1. The molecule has 0 radical (unpaired) electrons. The highest BCUT2D eigenvalue weighted by Gasteiger charge is 2.24. The van der Waals surface area contributed by atoms with Crippen molar-refractivity contribution in [3.63, 3.8) is 0 Å². The summed E-state index contributed by atoms with van der Waals surface area (Å²) >= 11 is 0. The molecular formula is C12H20N4O4. The van der Waals surface area contributed by atoms with Crippen LogP contribution in [0.4, 0.5) is 4.79 Å². The van der Waals surface area contributed by atoms with Gasteiger partial charge in [0.05, 0.1) is 17.7 Å². The van der Waals surface area contributed by atoms with Gasteiger partial charge in [-0.15, -0.1) is 0 Å². The van der Waals surface area contributed by atoms with Crippen LogP contribution < -0.4 is 10.6 Å². The molecule has 0 spiro atoms. The van der Waals surface area contributed by atoms with Crippen LogP contribution in [0.1, 0.15) is 19.0 Å². The lowest BCUT2D eigenvalue weighted by molar-refractivity contribution is -0.141. The van der Waals surface area contributed by atoms with E-state index >= 15 is 0 Å². The van der Waals surface area contributed by atoms with Crippen molar-refractivity contribution in [2.75, 3.05) is 13.1 Å². The summed E-state index contributed by atoms with van der Waals surface area (Å²) in [6, 6.07) is 1.41. The molecular weight excluding hydrogens is 264 g/mol. The molecule has 0 aliphatic rings. The number of aliphatic hydroxyl groups is 1. The van der Waals surface area contributed by atoms with E-state index in [2.05, 4.69) is 15.7 Å². The minimum Gasteiger partial charge on any atom is -0.481 e. The van der Waals surface area contributed by atoms with Crippen LogP contribution in [0.25, 0.3) is 0 Å². The maximum atomic E-state index is 11.5. The van der Waals surface area contributed by atoms with E-state index < -0.39 is 24.0 Å². The quantitative estimate of drug-likeness (QED) is 0.538. The van der Waals surface area contributed by atoms with Gasteiger partial charge in [-0.3, -0.25) is 9.48 Å². The van der Waals surface area contributed by atoms with Gasteiger partial charge in [0, 0.05) is 32.8 Å². The Morgan fingerprint density at radius 2 is 2.15 bits per heavy atom. The number of nitrogens with one attached hydrogen (secondary N) is 2. The second-order valence-electron chi connectivity index (χ2n) is 4.91. The minimum atomic E-state index is -1.47. The molecule has 0 aromatic carbocycles. The largest absolute Gasteiger partial charge is 0.481 e. The van der Waals surface area contributed by atoms with E-state index in [-0.39, 0.29) is 6.54 Å². The molecule has 1 heterocycles. The molecule has 0 aliphatic heterocycles. The van der Waals surface area contributed by atoms with Crippen molar-refractivity contribution in [1.82, 2.24) is 20.4 Å². The van der Waals surface area contributed by atoms with Gasteiger partial charge in [-0.05, 0) is 13.0 Å². The van der Waals surface area contributed by atoms with Gasteiger partial charge >= 0.3 is 12.0 Å². The van der Waals surface area contributed by atoms with Gasteiger partial charge < -0.3 is 20.8 Å². The number of carboxylic acid groups (broad SMARTS) is 1. The predicted octanol–water partition coefficient (Wildman–Crippen LogP) is -0.512. The number of aliphatic carboxylic acids is 1. The normalized spacial score (nSPS) is 13.6. The molecule has 0 fully saturated rings. The maximum Gasteiger partial charge on any atom is 0.314 e. The number of rotatable bonds is 7. The van der Waals surface area contributed by atoms with Gasteiger partial charge in [0.15, 0.2) is 0 Å². The highest BCUT2D eigenvalue weighted by atomic mass is 16.4. The summed E-state index contributed by atoms with van der Waals surface area (Å²) in [5, 5.41) is 27.5. The van der Waals surface area contributed by atoms with Crippen molar-refractivity contribution in [2.45, 2.75) is 25.4 Å². The SMILES string of the molecule is Cn1ccc(CCNC(=O)NCC(C)(O)CC(=O)O)n1. The molecule has 0 saturated carbocycles. The average Bonchev–Trinajstić information content (AvgIpc) is 2.71. The van der Waals surface area contributed by atoms with Gasteiger partial charge in [0.1, 0.15) is 0 Å². The van der Waals surface area contributed by atoms with Crippen LogP contribution >= 0.6 is 0 Å². The fraction of sp³-hybridized carbons (Fsp3) is 0.583. The first-order chi connectivity index (χ1) is 9.28. The Morgan fingerprint density at radius 3 is 2.70 bits per heavy atom. The Kier molecular flexibility index (Phi) is 5.51. The van der Waals surface area contributed by atoms with Crippen molar-refractivity contribution in [3.05, 3.63) is 18.0 Å². The molecule has 8 heteroatoms. The zero-order valence-electron chi connectivity index (χ0n) is 11.6. The van der Waals surface area contributed by atoms with E-state index in [1.807, 2.05) is 19.3 Å². The summed E-state index contributed by atoms with van der Waals surface area (Å²) in [4.78, 5) is 22.0. The zero-order valence-corrected chi connectivity index (χ0v) is 11.6. The first-order valence-electron chi connectivity index (χ1n) is 6.23. The lowest BCUT2D eigenvalue weighted by Gasteiger charge is -2.21. The lowest BCUT2D eigenvalue weighted by atomic mass is 10.0. The van der Waals surface area contributed by atoms with E-state index in [0.29, 0.717) is 13.0 Å². The van der Waals surface area contributed by atoms with Crippen molar-refractivity contribution in [1.29, 1.82) is 0 Å². The monoisotopic (exact) mass is 284 g/mol. The summed E-state index contributed by atoms with van der Waals surface area (Å²) in [6.45, 7) is 1.63. The number of carbonyl (C=O) groups excluding carboxylic acids is 1. The highest BCUT2D eigenvalue weighted by Crippen LogP contribution is 2.06. The molecule has 1 rings (SSSR count). The van der Waals surface area contributed by atoms with Crippen LogP contribution in [0.3, 0.4) is 0 Å². The smallest absolute Gasteiger partial charge is 0.314 e. The summed E-state index contributed by atoms with van der Waals surface area (Å²) in [6.07, 6.45) is 1.99. The third-order valence-electron chi connectivity index (χ3n) is 2.60. The Bertz CT molecular complexity index is 470. The number of hydrogen-bond acceptors (Lipinski definition) is 4. The average molecular weight is 284 g/mol. The minimum absolute atomic E-state index is 0.130. The van der Waals surface area contributed by atoms with E-state index in [0.717, 1.165) is 5.69 Å². The van der Waals surface area contributed by atoms with Gasteiger partial charge in [-0.2, -0.15) is 5.10 Å². The first-order valence-corrected chi connectivity index (χ1v) is 6.23. The topological polar surface area (TPSA) is 116 Å². The summed E-state index contributed by atoms with van der Waals surface area (Å²) in [7, 11) is 1.81. The maximum absolute atomic E-state index is 11.5. The predicted molar refractivity (Wildman–Crippen MR) is 71.2 cm³/mol. The number of aryl methyl sites for hydroxylation is 1. The van der Waals surface area contributed by atoms with E-state index in [9.17, 15) is 14.7 Å². The van der Waals surface area contributed by atoms with Crippen LogP contribution in [0.5, 0.6) is 0 Å². The van der Waals surface area contributed by atoms with Crippen molar-refractivity contribution in [2.24, 2.45) is 7.05 Å². The molecule has 0 bridgehead atoms. The van der Waals surface area contributed by atoms with Crippen LogP contribution in [0.15, 0.2) is 12.3 Å². The molecule has 0 aliphatic carbocycles. The van der Waals surface area contributed by atoms with Gasteiger partial charge in [-0.25, -0.2) is 4.79 Å². The van der Waals surface area contributed by atoms with Gasteiger partial charge in [0.2, 0.25) is 0 Å². The Labute approximate surface area is 116 Å². The molecule has 2 amide bonds. The van der Waals surface area contributed by atoms with Gasteiger partial charge in [0.25, 0.3) is 0 Å². The molecule has 112 valence electrons. The van der Waals surface area contributed by atoms with Crippen molar-refractivity contribution >= 4 is 12.0 Å². The summed E-state index contributed by atoms with van der Waals surface area (Å²) in [5.41, 5.74) is -0.602. The van der Waals surface area contributed by atoms with Crippen LogP contribution in [0.2, 0.25) is 0 Å². The summed E-state index contributed by atoms with van der Waals surface area (Å²) < 4.78 is 1.68. The van der Waals surface area contributed by atoms with Gasteiger partial charge in [-0.1, -0.05) is 0 Å².